The maximum atomic E-state index is 13.2. The van der Waals surface area contributed by atoms with E-state index in [1.165, 1.54) is 0 Å². The minimum atomic E-state index is -0.323. The Morgan fingerprint density at radius 2 is 1.86 bits per heavy atom. The van der Waals surface area contributed by atoms with E-state index in [1.807, 2.05) is 31.4 Å². The molecule has 0 aliphatic heterocycles. The number of hydrogen-bond acceptors (Lipinski definition) is 4. The lowest BCUT2D eigenvalue weighted by molar-refractivity contribution is -0.628. The van der Waals surface area contributed by atoms with Crippen LogP contribution in [0.5, 0.6) is 5.75 Å². The third-order valence-electron chi connectivity index (χ3n) is 4.83. The number of carbonyl (C=O) groups is 2. The van der Waals surface area contributed by atoms with Crippen molar-refractivity contribution in [3.8, 4) is 5.75 Å². The number of rotatable bonds is 7. The van der Waals surface area contributed by atoms with E-state index in [1.54, 1.807) is 42.0 Å². The van der Waals surface area contributed by atoms with Crippen LogP contribution in [0.25, 0.3) is 10.9 Å². The Hall–Kier alpha value is -2.83. The van der Waals surface area contributed by atoms with Gasteiger partial charge in [0.1, 0.15) is 18.9 Å². The van der Waals surface area contributed by atoms with E-state index in [0.29, 0.717) is 40.7 Å². The van der Waals surface area contributed by atoms with Gasteiger partial charge in [0.05, 0.1) is 26.1 Å². The third kappa shape index (κ3) is 4.44. The molecule has 0 atom stereocenters. The molecule has 0 amide bonds. The highest BCUT2D eigenvalue weighted by Crippen LogP contribution is 2.31. The lowest BCUT2D eigenvalue weighted by atomic mass is 10.1. The molecule has 2 aromatic carbocycles. The zero-order valence-corrected chi connectivity index (χ0v) is 17.5. The monoisotopic (exact) mass is 415 g/mol. The summed E-state index contributed by atoms with van der Waals surface area (Å²) in [7, 11) is 3.50. The summed E-state index contributed by atoms with van der Waals surface area (Å²) < 4.78 is 12.3. The minimum Gasteiger partial charge on any atom is -0.497 e. The number of halogens is 1. The summed E-state index contributed by atoms with van der Waals surface area (Å²) in [6.45, 7) is 2.89. The first-order valence-corrected chi connectivity index (χ1v) is 9.75. The maximum Gasteiger partial charge on any atom is 0.310 e. The van der Waals surface area contributed by atoms with Crippen LogP contribution in [0.15, 0.2) is 42.5 Å². The highest BCUT2D eigenvalue weighted by Gasteiger charge is 2.22. The molecule has 0 bridgehead atoms. The van der Waals surface area contributed by atoms with Gasteiger partial charge in [-0.3, -0.25) is 14.2 Å². The number of ether oxygens (including phenoxy) is 2. The van der Waals surface area contributed by atoms with Crippen molar-refractivity contribution >= 4 is 34.4 Å². The van der Waals surface area contributed by atoms with E-state index < -0.39 is 0 Å². The summed E-state index contributed by atoms with van der Waals surface area (Å²) in [5.41, 5.74) is 2.68. The van der Waals surface area contributed by atoms with Gasteiger partial charge in [-0.2, -0.15) is 0 Å². The number of benzene rings is 2. The second kappa shape index (κ2) is 9.11. The van der Waals surface area contributed by atoms with Crippen molar-refractivity contribution in [2.24, 2.45) is 0 Å². The van der Waals surface area contributed by atoms with Crippen LogP contribution in [0.3, 0.4) is 0 Å². The first-order chi connectivity index (χ1) is 14.0. The number of hydrogen-bond donors (Lipinski definition) is 1. The van der Waals surface area contributed by atoms with E-state index in [4.69, 9.17) is 21.1 Å². The molecule has 1 heterocycles. The Morgan fingerprint density at radius 3 is 2.52 bits per heavy atom. The summed E-state index contributed by atoms with van der Waals surface area (Å²) in [5, 5.41) is 3.30. The van der Waals surface area contributed by atoms with Crippen LogP contribution in [-0.4, -0.2) is 43.8 Å². The van der Waals surface area contributed by atoms with Crippen molar-refractivity contribution in [2.75, 3.05) is 27.3 Å². The largest absolute Gasteiger partial charge is 0.497 e. The summed E-state index contributed by atoms with van der Waals surface area (Å²) in [4.78, 5) is 25.6. The molecule has 0 aliphatic rings. The number of carbonyl (C=O) groups excluding carboxylic acids is 2. The number of esters is 1. The normalized spacial score (nSPS) is 10.9. The van der Waals surface area contributed by atoms with Gasteiger partial charge in [0.25, 0.3) is 5.91 Å². The second-order valence-electron chi connectivity index (χ2n) is 6.69. The van der Waals surface area contributed by atoms with Gasteiger partial charge in [-0.25, -0.2) is 0 Å². The second-order valence-corrected chi connectivity index (χ2v) is 7.13. The zero-order chi connectivity index (χ0) is 21.0. The molecule has 3 rings (SSSR count). The van der Waals surface area contributed by atoms with E-state index in [-0.39, 0.29) is 18.3 Å². The standard InChI is InChI=1S/C22H23ClN2O4/c1-14-18(13-21(26)29-11-10-24-2)19-12-17(28-3)8-9-20(19)25(14)22(27)15-4-6-16(23)7-5-15/h4-9,12,24H,10-11,13H2,1-3H3/p+1. The Labute approximate surface area is 174 Å². The molecule has 0 radical (unpaired) electrons. The quantitative estimate of drug-likeness (QED) is 0.475. The molecule has 0 unspecified atom stereocenters. The molecular formula is C22H24ClN2O4+. The molecule has 2 N–H and O–H groups in total. The number of quaternary nitrogens is 1. The molecule has 0 fully saturated rings. The molecule has 0 aliphatic carbocycles. The van der Waals surface area contributed by atoms with Crippen LogP contribution < -0.4 is 10.1 Å². The fourth-order valence-corrected chi connectivity index (χ4v) is 3.41. The van der Waals surface area contributed by atoms with Crippen LogP contribution in [0.2, 0.25) is 5.02 Å². The van der Waals surface area contributed by atoms with Crippen LogP contribution in [0, 0.1) is 6.92 Å². The van der Waals surface area contributed by atoms with Gasteiger partial charge in [0.15, 0.2) is 0 Å². The fraction of sp³-hybridized carbons (Fsp3) is 0.273. The van der Waals surface area contributed by atoms with Crippen molar-refractivity contribution in [3.05, 3.63) is 64.3 Å². The van der Waals surface area contributed by atoms with Crippen molar-refractivity contribution in [2.45, 2.75) is 13.3 Å². The number of fused-ring (bicyclic) bond motifs is 1. The minimum absolute atomic E-state index is 0.0834. The van der Waals surface area contributed by atoms with Gasteiger partial charge in [-0.05, 0) is 55.0 Å². The predicted molar refractivity (Wildman–Crippen MR) is 112 cm³/mol. The van der Waals surface area contributed by atoms with Gasteiger partial charge >= 0.3 is 5.97 Å². The number of nitrogens with two attached hydrogens (primary N) is 1. The van der Waals surface area contributed by atoms with E-state index in [9.17, 15) is 9.59 Å². The summed E-state index contributed by atoms with van der Waals surface area (Å²) in [6, 6.07) is 12.2. The molecule has 0 spiro atoms. The maximum absolute atomic E-state index is 13.2. The van der Waals surface area contributed by atoms with E-state index >= 15 is 0 Å². The van der Waals surface area contributed by atoms with Crippen molar-refractivity contribution in [1.29, 1.82) is 0 Å². The van der Waals surface area contributed by atoms with Gasteiger partial charge in [-0.15, -0.1) is 0 Å². The molecule has 7 heteroatoms. The average Bonchev–Trinajstić information content (AvgIpc) is 2.99. The fourth-order valence-electron chi connectivity index (χ4n) is 3.28. The Balaban J connectivity index is 2.06. The summed E-state index contributed by atoms with van der Waals surface area (Å²) in [6.07, 6.45) is 0.0834. The number of methoxy groups -OCH3 is 1. The molecule has 3 aromatic rings. The SMILES string of the molecule is C[NH2+]CCOC(=O)Cc1c(C)n(C(=O)c2ccc(Cl)cc2)c2ccc(OC)cc12. The predicted octanol–water partition coefficient (Wildman–Crippen LogP) is 2.58. The molecular weight excluding hydrogens is 392 g/mol. The highest BCUT2D eigenvalue weighted by molar-refractivity contribution is 6.30. The average molecular weight is 416 g/mol. The summed E-state index contributed by atoms with van der Waals surface area (Å²) in [5.74, 6) is 0.147. The lowest BCUT2D eigenvalue weighted by Gasteiger charge is -2.08. The van der Waals surface area contributed by atoms with Gasteiger partial charge in [-0.1, -0.05) is 11.6 Å². The Bertz CT molecular complexity index is 1040. The Kier molecular flexibility index (Phi) is 6.56. The van der Waals surface area contributed by atoms with Crippen LogP contribution in [-0.2, 0) is 16.0 Å². The molecule has 29 heavy (non-hydrogen) atoms. The first-order valence-electron chi connectivity index (χ1n) is 9.38. The lowest BCUT2D eigenvalue weighted by Crippen LogP contribution is -2.80. The number of aromatic nitrogens is 1. The van der Waals surface area contributed by atoms with Gasteiger partial charge in [0, 0.05) is 21.7 Å². The van der Waals surface area contributed by atoms with Crippen molar-refractivity contribution in [1.82, 2.24) is 4.57 Å². The Morgan fingerprint density at radius 1 is 1.14 bits per heavy atom. The molecule has 0 saturated carbocycles. The molecule has 1 aromatic heterocycles. The molecule has 152 valence electrons. The number of likely N-dealkylation sites (N-methyl/N-ethyl adjacent to an activating group) is 1. The van der Waals surface area contributed by atoms with E-state index in [2.05, 4.69) is 0 Å². The smallest absolute Gasteiger partial charge is 0.310 e. The first kappa shape index (κ1) is 20.9. The third-order valence-corrected chi connectivity index (χ3v) is 5.08. The summed E-state index contributed by atoms with van der Waals surface area (Å²) >= 11 is 5.95. The van der Waals surface area contributed by atoms with Crippen molar-refractivity contribution in [3.63, 3.8) is 0 Å². The van der Waals surface area contributed by atoms with Gasteiger partial charge in [0.2, 0.25) is 0 Å². The highest BCUT2D eigenvalue weighted by atomic mass is 35.5. The zero-order valence-electron chi connectivity index (χ0n) is 16.7. The topological polar surface area (TPSA) is 74.1 Å². The van der Waals surface area contributed by atoms with Gasteiger partial charge < -0.3 is 14.8 Å². The van der Waals surface area contributed by atoms with Crippen molar-refractivity contribution < 1.29 is 24.4 Å². The molecule has 0 saturated heterocycles. The van der Waals surface area contributed by atoms with Crippen LogP contribution in [0.1, 0.15) is 21.6 Å². The van der Waals surface area contributed by atoms with Crippen LogP contribution >= 0.6 is 11.6 Å². The molecule has 6 nitrogen and oxygen atoms in total. The number of nitrogens with zero attached hydrogens (tertiary/aromatic N) is 1. The van der Waals surface area contributed by atoms with Crippen LogP contribution in [0.4, 0.5) is 0 Å². The van der Waals surface area contributed by atoms with E-state index in [0.717, 1.165) is 10.9 Å².